The van der Waals surface area contributed by atoms with Crippen LogP contribution in [0.25, 0.3) is 11.0 Å². The normalized spacial score (nSPS) is 11.3. The van der Waals surface area contributed by atoms with Crippen molar-refractivity contribution in [3.63, 3.8) is 0 Å². The highest BCUT2D eigenvalue weighted by atomic mass is 35.5. The summed E-state index contributed by atoms with van der Waals surface area (Å²) in [5.74, 6) is -0.412. The quantitative estimate of drug-likeness (QED) is 0.204. The van der Waals surface area contributed by atoms with Crippen LogP contribution in [-0.4, -0.2) is 24.2 Å². The first-order chi connectivity index (χ1) is 16.0. The summed E-state index contributed by atoms with van der Waals surface area (Å²) in [6, 6.07) is 12.7. The van der Waals surface area contributed by atoms with Crippen molar-refractivity contribution in [3.8, 4) is 5.75 Å². The molecule has 3 rings (SSSR count). The highest BCUT2D eigenvalue weighted by Gasteiger charge is 2.18. The molecule has 1 amide bonds. The van der Waals surface area contributed by atoms with Gasteiger partial charge in [0.05, 0.1) is 5.02 Å². The number of amides is 1. The first-order valence-corrected chi connectivity index (χ1v) is 11.4. The molecule has 0 atom stereocenters. The highest BCUT2D eigenvalue weighted by Crippen LogP contribution is 2.32. The predicted molar refractivity (Wildman–Crippen MR) is 131 cm³/mol. The fourth-order valence-corrected chi connectivity index (χ4v) is 3.59. The Kier molecular flexibility index (Phi) is 7.99. The molecule has 0 aliphatic rings. The molecule has 3 aromatic rings. The monoisotopic (exact) mass is 485 g/mol. The minimum Gasteiger partial charge on any atom is -0.444 e. The topological polar surface area (TPSA) is 94.8 Å². The van der Waals surface area contributed by atoms with Gasteiger partial charge in [0, 0.05) is 36.4 Å². The molecule has 0 fully saturated rings. The molecule has 34 heavy (non-hydrogen) atoms. The van der Waals surface area contributed by atoms with Crippen LogP contribution in [0.5, 0.6) is 5.75 Å². The van der Waals surface area contributed by atoms with Crippen LogP contribution < -0.4 is 15.7 Å². The van der Waals surface area contributed by atoms with Gasteiger partial charge in [-0.2, -0.15) is 0 Å². The van der Waals surface area contributed by atoms with Gasteiger partial charge >= 0.3 is 17.7 Å². The average molecular weight is 486 g/mol. The number of hydrogen-bond acceptors (Lipinski definition) is 6. The molecule has 0 bridgehead atoms. The van der Waals surface area contributed by atoms with Gasteiger partial charge in [0.15, 0.2) is 5.75 Å². The molecule has 0 radical (unpaired) electrons. The Morgan fingerprint density at radius 2 is 1.82 bits per heavy atom. The van der Waals surface area contributed by atoms with Crippen molar-refractivity contribution in [2.75, 3.05) is 6.54 Å². The van der Waals surface area contributed by atoms with E-state index in [-0.39, 0.29) is 29.3 Å². The first-order valence-electron chi connectivity index (χ1n) is 11.0. The molecule has 8 heteroatoms. The number of halogens is 1. The molecule has 0 unspecified atom stereocenters. The number of rotatable bonds is 7. The van der Waals surface area contributed by atoms with Crippen LogP contribution in [-0.2, 0) is 16.0 Å². The zero-order valence-electron chi connectivity index (χ0n) is 19.7. The second-order valence-corrected chi connectivity index (χ2v) is 9.35. The molecule has 1 aromatic heterocycles. The van der Waals surface area contributed by atoms with E-state index in [0.29, 0.717) is 23.8 Å². The molecule has 0 saturated carbocycles. The maximum absolute atomic E-state index is 12.6. The van der Waals surface area contributed by atoms with E-state index in [4.69, 9.17) is 25.5 Å². The lowest BCUT2D eigenvalue weighted by molar-refractivity contribution is -0.134. The number of aryl methyl sites for hydroxylation is 1. The summed E-state index contributed by atoms with van der Waals surface area (Å²) in [6.45, 7) is 7.41. The number of hydrogen-bond donors (Lipinski definition) is 1. The molecular weight excluding hydrogens is 458 g/mol. The molecule has 0 aliphatic carbocycles. The lowest BCUT2D eigenvalue weighted by Crippen LogP contribution is -2.33. The summed E-state index contributed by atoms with van der Waals surface area (Å²) < 4.78 is 16.0. The van der Waals surface area contributed by atoms with Gasteiger partial charge in [-0.3, -0.25) is 4.79 Å². The molecule has 7 nitrogen and oxygen atoms in total. The number of alkyl carbamates (subject to hydrolysis) is 1. The van der Waals surface area contributed by atoms with E-state index >= 15 is 0 Å². The van der Waals surface area contributed by atoms with Crippen LogP contribution in [0.1, 0.15) is 50.3 Å². The Morgan fingerprint density at radius 1 is 1.12 bits per heavy atom. The lowest BCUT2D eigenvalue weighted by atomic mass is 9.99. The molecule has 2 aromatic carbocycles. The molecule has 0 aliphatic heterocycles. The van der Waals surface area contributed by atoms with Gasteiger partial charge < -0.3 is 19.2 Å². The second-order valence-electron chi connectivity index (χ2n) is 8.94. The van der Waals surface area contributed by atoms with Crippen LogP contribution in [0, 0.1) is 6.92 Å². The summed E-state index contributed by atoms with van der Waals surface area (Å²) in [7, 11) is 0. The van der Waals surface area contributed by atoms with E-state index in [0.717, 1.165) is 11.1 Å². The zero-order valence-corrected chi connectivity index (χ0v) is 20.5. The third kappa shape index (κ3) is 6.84. The van der Waals surface area contributed by atoms with Crippen molar-refractivity contribution in [3.05, 3.63) is 74.6 Å². The first kappa shape index (κ1) is 25.3. The fraction of sp³-hybridized carbons (Fsp3) is 0.346. The van der Waals surface area contributed by atoms with Crippen LogP contribution in [0.2, 0.25) is 5.02 Å². The maximum atomic E-state index is 12.6. The number of carbonyl (C=O) groups is 2. The summed E-state index contributed by atoms with van der Waals surface area (Å²) in [5, 5.41) is 3.49. The minimum atomic E-state index is -0.592. The molecule has 1 N–H and O–H groups in total. The van der Waals surface area contributed by atoms with E-state index < -0.39 is 23.3 Å². The van der Waals surface area contributed by atoms with Gasteiger partial charge in [-0.15, -0.1) is 0 Å². The van der Waals surface area contributed by atoms with Crippen molar-refractivity contribution in [2.24, 2.45) is 0 Å². The smallest absolute Gasteiger partial charge is 0.407 e. The number of nitrogens with one attached hydrogen (secondary N) is 1. The summed E-state index contributed by atoms with van der Waals surface area (Å²) in [5.41, 5.74) is 1.57. The van der Waals surface area contributed by atoms with E-state index in [9.17, 15) is 14.4 Å². The van der Waals surface area contributed by atoms with Crippen molar-refractivity contribution >= 4 is 34.6 Å². The minimum absolute atomic E-state index is 0.0587. The van der Waals surface area contributed by atoms with E-state index in [2.05, 4.69) is 5.32 Å². The third-order valence-electron chi connectivity index (χ3n) is 5.01. The third-order valence-corrected chi connectivity index (χ3v) is 5.31. The van der Waals surface area contributed by atoms with E-state index in [1.165, 1.54) is 6.07 Å². The Morgan fingerprint density at radius 3 is 2.50 bits per heavy atom. The van der Waals surface area contributed by atoms with Crippen molar-refractivity contribution in [1.82, 2.24) is 5.32 Å². The van der Waals surface area contributed by atoms with Gasteiger partial charge in [-0.25, -0.2) is 9.59 Å². The largest absolute Gasteiger partial charge is 0.444 e. The Balaban J connectivity index is 1.66. The average Bonchev–Trinajstić information content (AvgIpc) is 2.75. The number of esters is 1. The lowest BCUT2D eigenvalue weighted by Gasteiger charge is -2.19. The van der Waals surface area contributed by atoms with Gasteiger partial charge in [0.1, 0.15) is 11.2 Å². The number of fused-ring (bicyclic) bond motifs is 1. The SMILES string of the molecule is Cc1c(Cc2ccccc2)c(=O)oc2cc(OC(=O)CCCNC(=O)OC(C)(C)C)c(Cl)cc12. The number of ether oxygens (including phenoxy) is 2. The van der Waals surface area contributed by atoms with Crippen LogP contribution in [0.15, 0.2) is 51.7 Å². The highest BCUT2D eigenvalue weighted by molar-refractivity contribution is 6.33. The fourth-order valence-electron chi connectivity index (χ4n) is 3.38. The van der Waals surface area contributed by atoms with Crippen molar-refractivity contribution < 1.29 is 23.5 Å². The van der Waals surface area contributed by atoms with Crippen molar-refractivity contribution in [2.45, 2.75) is 52.6 Å². The summed E-state index contributed by atoms with van der Waals surface area (Å²) in [6.07, 6.45) is 0.315. The van der Waals surface area contributed by atoms with Gasteiger partial charge in [-0.1, -0.05) is 41.9 Å². The van der Waals surface area contributed by atoms with Gasteiger partial charge in [0.25, 0.3) is 0 Å². The van der Waals surface area contributed by atoms with Crippen molar-refractivity contribution in [1.29, 1.82) is 0 Å². The Labute approximate surface area is 203 Å². The Bertz CT molecular complexity index is 1240. The van der Waals surface area contributed by atoms with Gasteiger partial charge in [0.2, 0.25) is 0 Å². The van der Waals surface area contributed by atoms with E-state index in [1.54, 1.807) is 26.8 Å². The Hall–Kier alpha value is -3.32. The predicted octanol–water partition coefficient (Wildman–Crippen LogP) is 5.56. The molecule has 180 valence electrons. The van der Waals surface area contributed by atoms with Gasteiger partial charge in [-0.05, 0) is 51.3 Å². The molecule has 0 saturated heterocycles. The zero-order chi connectivity index (χ0) is 24.9. The number of benzene rings is 2. The summed E-state index contributed by atoms with van der Waals surface area (Å²) >= 11 is 6.37. The number of carbonyl (C=O) groups excluding carboxylic acids is 2. The second kappa shape index (κ2) is 10.7. The van der Waals surface area contributed by atoms with Crippen LogP contribution >= 0.6 is 11.6 Å². The molecule has 1 heterocycles. The van der Waals surface area contributed by atoms with Crippen LogP contribution in [0.4, 0.5) is 4.79 Å². The standard InChI is InChI=1S/C26H28ClNO6/c1-16-18-14-20(27)22(32-23(29)11-8-12-28-25(31)34-26(2,3)4)15-21(18)33-24(30)19(16)13-17-9-6-5-7-10-17/h5-7,9-10,14-15H,8,11-13H2,1-4H3,(H,28,31). The summed E-state index contributed by atoms with van der Waals surface area (Å²) in [4.78, 5) is 36.5. The van der Waals surface area contributed by atoms with Crippen LogP contribution in [0.3, 0.4) is 0 Å². The molecule has 0 spiro atoms. The van der Waals surface area contributed by atoms with E-state index in [1.807, 2.05) is 37.3 Å². The maximum Gasteiger partial charge on any atom is 0.407 e. The molecular formula is C26H28ClNO6.